The summed E-state index contributed by atoms with van der Waals surface area (Å²) in [5.74, 6) is 0.322. The topological polar surface area (TPSA) is 85.7 Å². The Kier molecular flexibility index (Phi) is 5.68. The molecule has 6 heteroatoms. The van der Waals surface area contributed by atoms with Gasteiger partial charge in [-0.1, -0.05) is 6.07 Å². The minimum Gasteiger partial charge on any atom is -0.465 e. The molecule has 132 valence electrons. The lowest BCUT2D eigenvalue weighted by molar-refractivity contribution is 0.0558. The van der Waals surface area contributed by atoms with E-state index in [9.17, 15) is 15.0 Å². The minimum absolute atomic E-state index is 0.109. The Balaban J connectivity index is 1.56. The summed E-state index contributed by atoms with van der Waals surface area (Å²) in [6, 6.07) is 6.19. The van der Waals surface area contributed by atoms with Crippen LogP contribution >= 0.6 is 0 Å². The van der Waals surface area contributed by atoms with Crippen LogP contribution in [0.5, 0.6) is 0 Å². The molecular formula is C18H27N3O3. The van der Waals surface area contributed by atoms with Crippen molar-refractivity contribution in [3.63, 3.8) is 0 Å². The van der Waals surface area contributed by atoms with E-state index in [0.29, 0.717) is 18.5 Å². The molecule has 2 aliphatic rings. The van der Waals surface area contributed by atoms with Crippen LogP contribution in [-0.4, -0.2) is 51.0 Å². The van der Waals surface area contributed by atoms with Gasteiger partial charge in [0, 0.05) is 24.5 Å². The summed E-state index contributed by atoms with van der Waals surface area (Å²) >= 11 is 0. The van der Waals surface area contributed by atoms with Crippen LogP contribution in [0.3, 0.4) is 0 Å². The highest BCUT2D eigenvalue weighted by atomic mass is 16.4. The summed E-state index contributed by atoms with van der Waals surface area (Å²) in [5.41, 5.74) is 1.03. The van der Waals surface area contributed by atoms with Gasteiger partial charge in [-0.2, -0.15) is 0 Å². The van der Waals surface area contributed by atoms with Gasteiger partial charge in [-0.3, -0.25) is 15.2 Å². The van der Waals surface area contributed by atoms with Crippen LogP contribution in [-0.2, 0) is 6.42 Å². The van der Waals surface area contributed by atoms with Crippen LogP contribution in [0.25, 0.3) is 0 Å². The van der Waals surface area contributed by atoms with Crippen LogP contribution in [0.1, 0.15) is 44.2 Å². The van der Waals surface area contributed by atoms with Crippen molar-refractivity contribution in [1.82, 2.24) is 15.2 Å². The smallest absolute Gasteiger partial charge is 0.408 e. The standard InChI is InChI=1S/C18H27N3O3/c22-16-7-5-14(6-8-16)20-17-9-4-13(12-21(17)18(23)24)11-15-3-1-2-10-19-15/h1-3,10,13-14,16-17,20,22H,4-9,11-12H2,(H,23,24). The molecule has 1 amide bonds. The molecule has 3 rings (SSSR count). The fourth-order valence-electron chi connectivity index (χ4n) is 3.93. The number of carboxylic acid groups (broad SMARTS) is 1. The van der Waals surface area contributed by atoms with Crippen LogP contribution in [0.2, 0.25) is 0 Å². The van der Waals surface area contributed by atoms with Gasteiger partial charge in [0.25, 0.3) is 0 Å². The molecule has 1 aromatic heterocycles. The average molecular weight is 333 g/mol. The first-order valence-electron chi connectivity index (χ1n) is 8.95. The number of aliphatic hydroxyl groups excluding tert-OH is 1. The number of aromatic nitrogens is 1. The number of likely N-dealkylation sites (tertiary alicyclic amines) is 1. The monoisotopic (exact) mass is 333 g/mol. The Morgan fingerprint density at radius 2 is 2.00 bits per heavy atom. The number of hydrogen-bond acceptors (Lipinski definition) is 4. The second kappa shape index (κ2) is 7.94. The number of amides is 1. The molecule has 2 fully saturated rings. The van der Waals surface area contributed by atoms with Crippen molar-refractivity contribution < 1.29 is 15.0 Å². The first kappa shape index (κ1) is 17.2. The Bertz CT molecular complexity index is 532. The van der Waals surface area contributed by atoms with Gasteiger partial charge >= 0.3 is 6.09 Å². The zero-order chi connectivity index (χ0) is 16.9. The van der Waals surface area contributed by atoms with Crippen LogP contribution in [0, 0.1) is 5.92 Å². The molecule has 2 unspecified atom stereocenters. The van der Waals surface area contributed by atoms with Crippen molar-refractivity contribution in [1.29, 1.82) is 0 Å². The number of aliphatic hydroxyl groups is 1. The number of carbonyl (C=O) groups is 1. The number of pyridine rings is 1. The lowest BCUT2D eigenvalue weighted by atomic mass is 9.89. The molecular weight excluding hydrogens is 306 g/mol. The molecule has 2 atom stereocenters. The third-order valence-corrected chi connectivity index (χ3v) is 5.27. The largest absolute Gasteiger partial charge is 0.465 e. The van der Waals surface area contributed by atoms with Gasteiger partial charge in [0.2, 0.25) is 0 Å². The molecule has 1 saturated heterocycles. The Hall–Kier alpha value is -1.66. The zero-order valence-electron chi connectivity index (χ0n) is 14.0. The lowest BCUT2D eigenvalue weighted by Crippen LogP contribution is -2.56. The normalized spacial score (nSPS) is 31.0. The SMILES string of the molecule is O=C(O)N1CC(Cc2ccccn2)CCC1NC1CCC(O)CC1. The number of piperidine rings is 1. The average Bonchev–Trinajstić information content (AvgIpc) is 2.59. The summed E-state index contributed by atoms with van der Waals surface area (Å²) in [6.07, 6.45) is 6.76. The molecule has 2 heterocycles. The molecule has 1 aliphatic carbocycles. The van der Waals surface area contributed by atoms with E-state index in [1.54, 1.807) is 11.1 Å². The molecule has 0 radical (unpaired) electrons. The highest BCUT2D eigenvalue weighted by Gasteiger charge is 2.33. The van der Waals surface area contributed by atoms with E-state index in [2.05, 4.69) is 10.3 Å². The number of nitrogens with one attached hydrogen (secondary N) is 1. The summed E-state index contributed by atoms with van der Waals surface area (Å²) in [7, 11) is 0. The van der Waals surface area contributed by atoms with Crippen LogP contribution in [0.4, 0.5) is 4.79 Å². The minimum atomic E-state index is -0.853. The van der Waals surface area contributed by atoms with Gasteiger partial charge in [0.15, 0.2) is 0 Å². The van der Waals surface area contributed by atoms with Crippen LogP contribution in [0.15, 0.2) is 24.4 Å². The zero-order valence-corrected chi connectivity index (χ0v) is 14.0. The third-order valence-electron chi connectivity index (χ3n) is 5.27. The van der Waals surface area contributed by atoms with E-state index in [-0.39, 0.29) is 12.3 Å². The van der Waals surface area contributed by atoms with Gasteiger partial charge in [-0.05, 0) is 63.0 Å². The van der Waals surface area contributed by atoms with E-state index >= 15 is 0 Å². The molecule has 0 spiro atoms. The number of hydrogen-bond donors (Lipinski definition) is 3. The van der Waals surface area contributed by atoms with E-state index < -0.39 is 6.09 Å². The highest BCUT2D eigenvalue weighted by molar-refractivity contribution is 5.65. The summed E-state index contributed by atoms with van der Waals surface area (Å²) in [5, 5.41) is 22.7. The lowest BCUT2D eigenvalue weighted by Gasteiger charge is -2.41. The van der Waals surface area contributed by atoms with Gasteiger partial charge in [0.1, 0.15) is 0 Å². The molecule has 0 bridgehead atoms. The quantitative estimate of drug-likeness (QED) is 0.787. The second-order valence-electron chi connectivity index (χ2n) is 7.09. The van der Waals surface area contributed by atoms with Gasteiger partial charge in [-0.15, -0.1) is 0 Å². The number of rotatable bonds is 4. The Morgan fingerprint density at radius 3 is 2.67 bits per heavy atom. The molecule has 1 saturated carbocycles. The maximum Gasteiger partial charge on any atom is 0.408 e. The van der Waals surface area contributed by atoms with Crippen molar-refractivity contribution in [2.45, 2.75) is 63.3 Å². The van der Waals surface area contributed by atoms with E-state index in [1.807, 2.05) is 18.2 Å². The third kappa shape index (κ3) is 4.45. The summed E-state index contributed by atoms with van der Waals surface area (Å²) in [4.78, 5) is 17.6. The molecule has 3 N–H and O–H groups in total. The Labute approximate surface area is 142 Å². The van der Waals surface area contributed by atoms with Crippen molar-refractivity contribution >= 4 is 6.09 Å². The van der Waals surface area contributed by atoms with Gasteiger partial charge < -0.3 is 10.2 Å². The summed E-state index contributed by atoms with van der Waals surface area (Å²) < 4.78 is 0. The maximum atomic E-state index is 11.7. The van der Waals surface area contributed by atoms with Crippen molar-refractivity contribution in [3.05, 3.63) is 30.1 Å². The molecule has 6 nitrogen and oxygen atoms in total. The molecule has 0 aromatic carbocycles. The van der Waals surface area contributed by atoms with Crippen molar-refractivity contribution in [2.24, 2.45) is 5.92 Å². The van der Waals surface area contributed by atoms with E-state index in [4.69, 9.17) is 0 Å². The molecule has 24 heavy (non-hydrogen) atoms. The predicted molar refractivity (Wildman–Crippen MR) is 90.6 cm³/mol. The van der Waals surface area contributed by atoms with Crippen molar-refractivity contribution in [2.75, 3.05) is 6.54 Å². The first-order valence-corrected chi connectivity index (χ1v) is 8.95. The number of nitrogens with zero attached hydrogens (tertiary/aromatic N) is 2. The van der Waals surface area contributed by atoms with Gasteiger partial charge in [0.05, 0.1) is 12.3 Å². The van der Waals surface area contributed by atoms with Crippen molar-refractivity contribution in [3.8, 4) is 0 Å². The maximum absolute atomic E-state index is 11.7. The fourth-order valence-corrected chi connectivity index (χ4v) is 3.93. The highest BCUT2D eigenvalue weighted by Crippen LogP contribution is 2.26. The molecule has 1 aromatic rings. The van der Waals surface area contributed by atoms with E-state index in [0.717, 1.165) is 50.6 Å². The predicted octanol–water partition coefficient (Wildman–Crippen LogP) is 2.23. The second-order valence-corrected chi connectivity index (χ2v) is 7.09. The Morgan fingerprint density at radius 1 is 1.21 bits per heavy atom. The summed E-state index contributed by atoms with van der Waals surface area (Å²) in [6.45, 7) is 0.554. The first-order chi connectivity index (χ1) is 11.6. The van der Waals surface area contributed by atoms with Crippen LogP contribution < -0.4 is 5.32 Å². The molecule has 1 aliphatic heterocycles. The van der Waals surface area contributed by atoms with Gasteiger partial charge in [-0.25, -0.2) is 4.79 Å². The van der Waals surface area contributed by atoms with E-state index in [1.165, 1.54) is 0 Å². The fraction of sp³-hybridized carbons (Fsp3) is 0.667.